The van der Waals surface area contributed by atoms with E-state index in [9.17, 15) is 0 Å². The molecule has 3 aliphatic rings. The number of hydrogen-bond acceptors (Lipinski definition) is 0. The lowest BCUT2D eigenvalue weighted by Gasteiger charge is -2.67. The van der Waals surface area contributed by atoms with E-state index in [-0.39, 0.29) is 21.7 Å². The van der Waals surface area contributed by atoms with E-state index in [0.29, 0.717) is 11.8 Å². The first kappa shape index (κ1) is 27.9. The van der Waals surface area contributed by atoms with Crippen LogP contribution in [0.5, 0.6) is 0 Å². The number of rotatable bonds is 5. The SMILES string of the molecule is C=C(CC(C)(C)CCC)C1=C(C)C[C@@]2(C)[C@H](C)[C@]3(C)C(=C(C)[C@@]2(C)C1=C)C(=C)c1c(C)cccc1[C@H]3C. The van der Waals surface area contributed by atoms with Gasteiger partial charge in [-0.25, -0.2) is 0 Å². The lowest BCUT2D eigenvalue weighted by molar-refractivity contribution is -0.0261. The normalized spacial score (nSPS) is 33.8. The molecule has 0 saturated carbocycles. The highest BCUT2D eigenvalue weighted by Gasteiger charge is 2.65. The molecule has 0 heteroatoms. The largest absolute Gasteiger partial charge is 0.0952 e. The molecule has 0 amide bonds. The molecule has 0 N–H and O–H groups in total. The van der Waals surface area contributed by atoms with Crippen LogP contribution in [0.3, 0.4) is 0 Å². The van der Waals surface area contributed by atoms with Gasteiger partial charge in [-0.1, -0.05) is 111 Å². The summed E-state index contributed by atoms with van der Waals surface area (Å²) in [6.07, 6.45) is 4.54. The minimum Gasteiger partial charge on any atom is -0.0952 e. The summed E-state index contributed by atoms with van der Waals surface area (Å²) in [7, 11) is 0. The molecule has 0 spiro atoms. The Morgan fingerprint density at radius 2 is 1.68 bits per heavy atom. The van der Waals surface area contributed by atoms with E-state index in [1.165, 1.54) is 68.5 Å². The molecule has 0 unspecified atom stereocenters. The standard InChI is InChI=1S/C37H52/c1-15-19-34(10,11)20-23(3)31-24(4)21-35(12)29(9)36(13)26(6)30-18-16-17-22(2)32(30)25(5)33(36)28(8)37(35,14)27(31)7/h16-18,26,29H,3,5,7,15,19-21H2,1-2,4,6,8-14H3/t26-,29+,35+,36-,37-/m1/s1. The molecule has 0 heterocycles. The van der Waals surface area contributed by atoms with Crippen LogP contribution in [0.15, 0.2) is 71.4 Å². The molecular weight excluding hydrogens is 444 g/mol. The number of allylic oxidation sites excluding steroid dienone is 7. The summed E-state index contributed by atoms with van der Waals surface area (Å²) < 4.78 is 0. The first-order valence-electron chi connectivity index (χ1n) is 14.6. The minimum atomic E-state index is -0.142. The zero-order valence-corrected chi connectivity index (χ0v) is 25.8. The molecule has 37 heavy (non-hydrogen) atoms. The molecule has 0 aromatic heterocycles. The van der Waals surface area contributed by atoms with Gasteiger partial charge in [-0.05, 0) is 107 Å². The molecular formula is C37H52. The second-order valence-electron chi connectivity index (χ2n) is 14.3. The van der Waals surface area contributed by atoms with Gasteiger partial charge in [-0.15, -0.1) is 0 Å². The Kier molecular flexibility index (Phi) is 6.59. The fourth-order valence-electron chi connectivity index (χ4n) is 9.44. The second-order valence-corrected chi connectivity index (χ2v) is 14.3. The summed E-state index contributed by atoms with van der Waals surface area (Å²) in [6, 6.07) is 6.83. The highest BCUT2D eigenvalue weighted by molar-refractivity contribution is 5.87. The van der Waals surface area contributed by atoms with Gasteiger partial charge in [0, 0.05) is 10.8 Å². The molecule has 3 aliphatic carbocycles. The maximum Gasteiger partial charge on any atom is 0.0196 e. The van der Waals surface area contributed by atoms with E-state index in [1.807, 2.05) is 0 Å². The highest BCUT2D eigenvalue weighted by atomic mass is 14.7. The average Bonchev–Trinajstić information content (AvgIpc) is 2.79. The van der Waals surface area contributed by atoms with Crippen LogP contribution in [0.1, 0.15) is 118 Å². The van der Waals surface area contributed by atoms with Gasteiger partial charge in [0.15, 0.2) is 0 Å². The average molecular weight is 497 g/mol. The first-order valence-corrected chi connectivity index (χ1v) is 14.6. The summed E-state index contributed by atoms with van der Waals surface area (Å²) in [5.41, 5.74) is 14.0. The van der Waals surface area contributed by atoms with Crippen LogP contribution in [0.4, 0.5) is 0 Å². The maximum atomic E-state index is 4.91. The Morgan fingerprint density at radius 3 is 2.27 bits per heavy atom. The van der Waals surface area contributed by atoms with Gasteiger partial charge < -0.3 is 0 Å². The van der Waals surface area contributed by atoms with Crippen LogP contribution in [-0.2, 0) is 0 Å². The minimum absolute atomic E-state index is 0.0222. The van der Waals surface area contributed by atoms with Crippen molar-refractivity contribution in [2.45, 2.75) is 108 Å². The number of fused-ring (bicyclic) bond motifs is 3. The fourth-order valence-corrected chi connectivity index (χ4v) is 9.44. The van der Waals surface area contributed by atoms with Crippen molar-refractivity contribution in [2.75, 3.05) is 0 Å². The van der Waals surface area contributed by atoms with Gasteiger partial charge in [-0.2, -0.15) is 0 Å². The van der Waals surface area contributed by atoms with Crippen molar-refractivity contribution in [3.05, 3.63) is 88.1 Å². The molecule has 200 valence electrons. The van der Waals surface area contributed by atoms with E-state index in [2.05, 4.69) is 94.4 Å². The van der Waals surface area contributed by atoms with Gasteiger partial charge in [0.1, 0.15) is 0 Å². The van der Waals surface area contributed by atoms with Crippen molar-refractivity contribution >= 4 is 5.57 Å². The Bertz CT molecular complexity index is 1260. The summed E-state index contributed by atoms with van der Waals surface area (Å²) in [5.74, 6) is 0.889. The molecule has 1 aromatic rings. The molecule has 0 bridgehead atoms. The number of aryl methyl sites for hydroxylation is 1. The van der Waals surface area contributed by atoms with Crippen LogP contribution < -0.4 is 0 Å². The summed E-state index contributed by atoms with van der Waals surface area (Å²) >= 11 is 0. The van der Waals surface area contributed by atoms with E-state index in [1.54, 1.807) is 0 Å². The summed E-state index contributed by atoms with van der Waals surface area (Å²) in [6.45, 7) is 41.1. The van der Waals surface area contributed by atoms with E-state index in [4.69, 9.17) is 19.7 Å². The molecule has 5 atom stereocenters. The van der Waals surface area contributed by atoms with Crippen molar-refractivity contribution in [1.29, 1.82) is 0 Å². The molecule has 0 nitrogen and oxygen atoms in total. The van der Waals surface area contributed by atoms with Crippen molar-refractivity contribution in [3.63, 3.8) is 0 Å². The smallest absolute Gasteiger partial charge is 0.0196 e. The Hall–Kier alpha value is -2.08. The van der Waals surface area contributed by atoms with Crippen LogP contribution in [0.2, 0.25) is 0 Å². The van der Waals surface area contributed by atoms with E-state index in [0.717, 1.165) is 12.8 Å². The number of benzene rings is 1. The lowest BCUT2D eigenvalue weighted by Crippen LogP contribution is -2.58. The van der Waals surface area contributed by atoms with Crippen LogP contribution in [0.25, 0.3) is 5.57 Å². The van der Waals surface area contributed by atoms with Crippen molar-refractivity contribution in [3.8, 4) is 0 Å². The Balaban J connectivity index is 1.95. The van der Waals surface area contributed by atoms with Crippen molar-refractivity contribution in [2.24, 2.45) is 27.6 Å². The van der Waals surface area contributed by atoms with Gasteiger partial charge in [-0.3, -0.25) is 0 Å². The Labute approximate surface area is 228 Å². The predicted molar refractivity (Wildman–Crippen MR) is 164 cm³/mol. The zero-order chi connectivity index (χ0) is 27.9. The van der Waals surface area contributed by atoms with E-state index >= 15 is 0 Å². The van der Waals surface area contributed by atoms with Crippen LogP contribution in [-0.4, -0.2) is 0 Å². The molecule has 0 fully saturated rings. The van der Waals surface area contributed by atoms with Crippen molar-refractivity contribution in [1.82, 2.24) is 0 Å². The molecule has 0 aliphatic heterocycles. The lowest BCUT2D eigenvalue weighted by atomic mass is 9.36. The molecule has 4 rings (SSSR count). The third-order valence-electron chi connectivity index (χ3n) is 11.9. The molecule has 0 radical (unpaired) electrons. The number of hydrogen-bond donors (Lipinski definition) is 0. The summed E-state index contributed by atoms with van der Waals surface area (Å²) in [5, 5.41) is 0. The van der Waals surface area contributed by atoms with Gasteiger partial charge in [0.05, 0.1) is 0 Å². The second kappa shape index (κ2) is 8.72. The maximum absolute atomic E-state index is 4.91. The highest BCUT2D eigenvalue weighted by Crippen LogP contribution is 2.74. The zero-order valence-electron chi connectivity index (χ0n) is 25.8. The molecule has 0 saturated heterocycles. The fraction of sp³-hybridized carbons (Fsp3) is 0.568. The van der Waals surface area contributed by atoms with E-state index < -0.39 is 0 Å². The Morgan fingerprint density at radius 1 is 1.05 bits per heavy atom. The van der Waals surface area contributed by atoms with Gasteiger partial charge in [0.25, 0.3) is 0 Å². The first-order chi connectivity index (χ1) is 17.0. The van der Waals surface area contributed by atoms with Gasteiger partial charge in [0.2, 0.25) is 0 Å². The van der Waals surface area contributed by atoms with Gasteiger partial charge >= 0.3 is 0 Å². The van der Waals surface area contributed by atoms with Crippen LogP contribution in [0, 0.1) is 34.5 Å². The summed E-state index contributed by atoms with van der Waals surface area (Å²) in [4.78, 5) is 0. The topological polar surface area (TPSA) is 0 Å². The predicted octanol–water partition coefficient (Wildman–Crippen LogP) is 11.2. The van der Waals surface area contributed by atoms with Crippen LogP contribution >= 0.6 is 0 Å². The molecule has 1 aromatic carbocycles. The quantitative estimate of drug-likeness (QED) is 0.380. The van der Waals surface area contributed by atoms with Crippen molar-refractivity contribution < 1.29 is 0 Å². The third kappa shape index (κ3) is 3.53. The monoisotopic (exact) mass is 496 g/mol. The third-order valence-corrected chi connectivity index (χ3v) is 11.9.